The molecule has 1 fully saturated rings. The van der Waals surface area contributed by atoms with E-state index in [-0.39, 0.29) is 18.2 Å². The first-order valence-electron chi connectivity index (χ1n) is 12.1. The largest absolute Gasteiger partial charge is 0.491 e. The van der Waals surface area contributed by atoms with E-state index in [0.717, 1.165) is 28.5 Å². The lowest BCUT2D eigenvalue weighted by Crippen LogP contribution is -2.30. The molecule has 0 radical (unpaired) electrons. The first-order chi connectivity index (χ1) is 18.0. The van der Waals surface area contributed by atoms with Crippen LogP contribution in [0.5, 0.6) is 5.75 Å². The van der Waals surface area contributed by atoms with Crippen molar-refractivity contribution in [3.8, 4) is 11.4 Å². The van der Waals surface area contributed by atoms with Gasteiger partial charge < -0.3 is 24.3 Å². The summed E-state index contributed by atoms with van der Waals surface area (Å²) in [6, 6.07) is 24.7. The number of nitrogens with zero attached hydrogens (tertiary/aromatic N) is 3. The lowest BCUT2D eigenvalue weighted by atomic mass is 10.0. The molecular weight excluding hydrogens is 484 g/mol. The molecule has 1 aliphatic rings. The highest BCUT2D eigenvalue weighted by Crippen LogP contribution is 2.42. The summed E-state index contributed by atoms with van der Waals surface area (Å²) in [6.07, 6.45) is 3.81. The van der Waals surface area contributed by atoms with Gasteiger partial charge in [0.15, 0.2) is 5.11 Å². The molecule has 1 aliphatic heterocycles. The Labute approximate surface area is 221 Å². The van der Waals surface area contributed by atoms with Crippen LogP contribution < -0.4 is 15.0 Å². The second kappa shape index (κ2) is 10.4. The Bertz CT molecular complexity index is 1400. The standard InChI is InChI=1S/C29H28N4O3S/c1-19(2)36-21-15-13-20(14-16-21)33-27(26(31-29(33)37)23-10-6-7-17-30-23)25-12-8-18-32(25)24-11-5-4-9-22(24)28(34)35-3/h4-19,26-27H,1-3H3,(H,31,37)/t26-,27-/m1/s1. The first kappa shape index (κ1) is 24.5. The zero-order chi connectivity index (χ0) is 25.9. The van der Waals surface area contributed by atoms with E-state index < -0.39 is 5.97 Å². The van der Waals surface area contributed by atoms with Crippen molar-refractivity contribution in [2.24, 2.45) is 0 Å². The van der Waals surface area contributed by atoms with Crippen LogP contribution in [0.25, 0.3) is 5.69 Å². The van der Waals surface area contributed by atoms with E-state index in [1.807, 2.05) is 97.4 Å². The summed E-state index contributed by atoms with van der Waals surface area (Å²) in [5, 5.41) is 4.08. The molecule has 0 unspecified atom stereocenters. The normalized spacial score (nSPS) is 17.1. The first-order valence-corrected chi connectivity index (χ1v) is 12.5. The van der Waals surface area contributed by atoms with Crippen molar-refractivity contribution in [2.45, 2.75) is 32.0 Å². The van der Waals surface area contributed by atoms with E-state index in [0.29, 0.717) is 10.7 Å². The van der Waals surface area contributed by atoms with Crippen molar-refractivity contribution in [1.82, 2.24) is 14.9 Å². The molecule has 5 rings (SSSR count). The number of esters is 1. The monoisotopic (exact) mass is 512 g/mol. The third-order valence-electron chi connectivity index (χ3n) is 6.24. The van der Waals surface area contributed by atoms with Crippen molar-refractivity contribution in [1.29, 1.82) is 0 Å². The van der Waals surface area contributed by atoms with Crippen LogP contribution in [0.1, 0.15) is 47.7 Å². The average molecular weight is 513 g/mol. The summed E-state index contributed by atoms with van der Waals surface area (Å²) in [5.74, 6) is 0.402. The molecule has 7 nitrogen and oxygen atoms in total. The molecule has 0 saturated carbocycles. The lowest BCUT2D eigenvalue weighted by molar-refractivity contribution is 0.0600. The number of methoxy groups -OCH3 is 1. The van der Waals surface area contributed by atoms with Gasteiger partial charge in [-0.05, 0) is 86.7 Å². The zero-order valence-corrected chi connectivity index (χ0v) is 21.7. The molecule has 0 bridgehead atoms. The number of para-hydroxylation sites is 1. The van der Waals surface area contributed by atoms with Crippen LogP contribution in [-0.2, 0) is 4.74 Å². The fourth-order valence-electron chi connectivity index (χ4n) is 4.71. The Morgan fingerprint density at radius 2 is 1.76 bits per heavy atom. The van der Waals surface area contributed by atoms with E-state index in [9.17, 15) is 4.79 Å². The third kappa shape index (κ3) is 4.80. The van der Waals surface area contributed by atoms with Gasteiger partial charge in [-0.25, -0.2) is 4.79 Å². The minimum absolute atomic E-state index is 0.0832. The maximum absolute atomic E-state index is 12.6. The van der Waals surface area contributed by atoms with Crippen LogP contribution in [0.2, 0.25) is 0 Å². The minimum atomic E-state index is -0.394. The second-order valence-electron chi connectivity index (χ2n) is 8.97. The summed E-state index contributed by atoms with van der Waals surface area (Å²) in [4.78, 5) is 19.3. The van der Waals surface area contributed by atoms with E-state index in [2.05, 4.69) is 15.2 Å². The fourth-order valence-corrected chi connectivity index (χ4v) is 5.06. The molecule has 188 valence electrons. The van der Waals surface area contributed by atoms with Crippen molar-refractivity contribution in [2.75, 3.05) is 12.0 Å². The quantitative estimate of drug-likeness (QED) is 0.254. The highest BCUT2D eigenvalue weighted by molar-refractivity contribution is 7.80. The number of carbonyl (C=O) groups excluding carboxylic acids is 1. The summed E-state index contributed by atoms with van der Waals surface area (Å²) in [5.41, 5.74) is 3.94. The van der Waals surface area contributed by atoms with Crippen LogP contribution in [0.15, 0.2) is 91.3 Å². The van der Waals surface area contributed by atoms with Gasteiger partial charge in [0.2, 0.25) is 0 Å². The Kier molecular flexibility index (Phi) is 6.92. The molecule has 37 heavy (non-hydrogen) atoms. The molecule has 0 aliphatic carbocycles. The molecule has 2 atom stereocenters. The van der Waals surface area contributed by atoms with Gasteiger partial charge in [0.1, 0.15) is 11.8 Å². The summed E-state index contributed by atoms with van der Waals surface area (Å²) < 4.78 is 12.9. The van der Waals surface area contributed by atoms with E-state index in [4.69, 9.17) is 21.7 Å². The molecule has 1 saturated heterocycles. The van der Waals surface area contributed by atoms with Crippen LogP contribution >= 0.6 is 12.2 Å². The summed E-state index contributed by atoms with van der Waals surface area (Å²) in [6.45, 7) is 4.00. The average Bonchev–Trinajstić information content (AvgIpc) is 3.53. The molecule has 8 heteroatoms. The number of anilines is 1. The maximum Gasteiger partial charge on any atom is 0.339 e. The molecule has 2 aromatic heterocycles. The fraction of sp³-hybridized carbons (Fsp3) is 0.207. The van der Waals surface area contributed by atoms with Crippen LogP contribution in [-0.4, -0.2) is 33.8 Å². The SMILES string of the molecule is COC(=O)c1ccccc1-n1cccc1[C@@H]1[C@@H](c2ccccn2)NC(=S)N1c1ccc(OC(C)C)cc1. The number of thiocarbonyl (C=S) groups is 1. The number of rotatable bonds is 7. The van der Waals surface area contributed by atoms with Crippen molar-refractivity contribution < 1.29 is 14.3 Å². The van der Waals surface area contributed by atoms with Gasteiger partial charge in [0, 0.05) is 23.8 Å². The van der Waals surface area contributed by atoms with Gasteiger partial charge in [0.25, 0.3) is 0 Å². The Hall–Kier alpha value is -4.17. The van der Waals surface area contributed by atoms with Gasteiger partial charge >= 0.3 is 5.97 Å². The van der Waals surface area contributed by atoms with Gasteiger partial charge in [-0.2, -0.15) is 0 Å². The van der Waals surface area contributed by atoms with E-state index in [1.165, 1.54) is 7.11 Å². The lowest BCUT2D eigenvalue weighted by Gasteiger charge is -2.29. The van der Waals surface area contributed by atoms with Gasteiger partial charge in [-0.15, -0.1) is 0 Å². The number of ether oxygens (including phenoxy) is 2. The summed E-state index contributed by atoms with van der Waals surface area (Å²) in [7, 11) is 1.39. The zero-order valence-electron chi connectivity index (χ0n) is 20.9. The Balaban J connectivity index is 1.64. The number of hydrogen-bond acceptors (Lipinski definition) is 5. The topological polar surface area (TPSA) is 68.6 Å². The molecule has 0 amide bonds. The van der Waals surface area contributed by atoms with Crippen molar-refractivity contribution in [3.63, 3.8) is 0 Å². The predicted octanol–water partition coefficient (Wildman–Crippen LogP) is 5.62. The van der Waals surface area contributed by atoms with Crippen LogP contribution in [0.4, 0.5) is 5.69 Å². The Morgan fingerprint density at radius 1 is 1.00 bits per heavy atom. The van der Waals surface area contributed by atoms with Crippen LogP contribution in [0.3, 0.4) is 0 Å². The number of aromatic nitrogens is 2. The number of pyridine rings is 1. The second-order valence-corrected chi connectivity index (χ2v) is 9.36. The van der Waals surface area contributed by atoms with E-state index in [1.54, 1.807) is 12.3 Å². The molecule has 2 aromatic carbocycles. The molecule has 3 heterocycles. The van der Waals surface area contributed by atoms with Gasteiger partial charge in [-0.3, -0.25) is 4.98 Å². The van der Waals surface area contributed by atoms with Crippen molar-refractivity contribution >= 4 is 29.0 Å². The smallest absolute Gasteiger partial charge is 0.339 e. The number of carbonyl (C=O) groups is 1. The highest BCUT2D eigenvalue weighted by atomic mass is 32.1. The number of hydrogen-bond donors (Lipinski definition) is 1. The molecular formula is C29H28N4O3S. The molecule has 4 aromatic rings. The number of nitrogens with one attached hydrogen (secondary N) is 1. The maximum atomic E-state index is 12.6. The molecule has 0 spiro atoms. The number of benzene rings is 2. The van der Waals surface area contributed by atoms with Gasteiger partial charge in [0.05, 0.1) is 36.2 Å². The van der Waals surface area contributed by atoms with Crippen LogP contribution in [0, 0.1) is 0 Å². The molecule has 1 N–H and O–H groups in total. The minimum Gasteiger partial charge on any atom is -0.491 e. The van der Waals surface area contributed by atoms with Crippen molar-refractivity contribution in [3.05, 3.63) is 108 Å². The van der Waals surface area contributed by atoms with Gasteiger partial charge in [-0.1, -0.05) is 18.2 Å². The summed E-state index contributed by atoms with van der Waals surface area (Å²) >= 11 is 5.87. The predicted molar refractivity (Wildman–Crippen MR) is 147 cm³/mol. The highest BCUT2D eigenvalue weighted by Gasteiger charge is 2.42. The third-order valence-corrected chi connectivity index (χ3v) is 6.55. The van der Waals surface area contributed by atoms with E-state index >= 15 is 0 Å². The Morgan fingerprint density at radius 3 is 2.46 bits per heavy atom.